The zero-order chi connectivity index (χ0) is 5.70. The summed E-state index contributed by atoms with van der Waals surface area (Å²) in [6.07, 6.45) is -1.27. The molecule has 0 unspecified atom stereocenters. The standard InChI is InChI=1S/C3H7NO3.H3N/c4-1-2-7-3(5)6;/h1-2,4H2,(H,5,6);1H3. The number of hydrogen-bond acceptors (Lipinski definition) is 4. The average molecular weight is 122 g/mol. The quantitative estimate of drug-likeness (QED) is 0.439. The van der Waals surface area contributed by atoms with Gasteiger partial charge in [0, 0.05) is 6.54 Å². The van der Waals surface area contributed by atoms with Gasteiger partial charge in [-0.15, -0.1) is 0 Å². The molecule has 50 valence electrons. The van der Waals surface area contributed by atoms with Gasteiger partial charge < -0.3 is 21.7 Å². The molecule has 5 nitrogen and oxygen atoms in total. The number of carboxylic acid groups (broad SMARTS) is 1. The van der Waals surface area contributed by atoms with Crippen molar-refractivity contribution in [1.29, 1.82) is 0 Å². The average Bonchev–Trinajstić information content (AvgIpc) is 1.61. The topological polar surface area (TPSA) is 108 Å². The number of hydrogen-bond donors (Lipinski definition) is 3. The fourth-order valence-electron chi connectivity index (χ4n) is 0.146. The smallest absolute Gasteiger partial charge is 0.450 e. The molecular weight excluding hydrogens is 112 g/mol. The highest BCUT2D eigenvalue weighted by atomic mass is 16.7. The van der Waals surface area contributed by atoms with Crippen molar-refractivity contribution in [3.63, 3.8) is 0 Å². The summed E-state index contributed by atoms with van der Waals surface area (Å²) in [4.78, 5) is 9.48. The van der Waals surface area contributed by atoms with Crippen LogP contribution in [0.3, 0.4) is 0 Å². The first-order chi connectivity index (χ1) is 3.27. The Balaban J connectivity index is 0. The molecule has 0 aromatic rings. The third-order valence-electron chi connectivity index (χ3n) is 0.343. The lowest BCUT2D eigenvalue weighted by atomic mass is 10.7. The minimum Gasteiger partial charge on any atom is -0.450 e. The third kappa shape index (κ3) is 8.95. The predicted octanol–water partition coefficient (Wildman–Crippen LogP) is -0.198. The van der Waals surface area contributed by atoms with Gasteiger partial charge in [-0.25, -0.2) is 4.79 Å². The van der Waals surface area contributed by atoms with Gasteiger partial charge >= 0.3 is 6.16 Å². The SMILES string of the molecule is N.NCCOC(=O)O. The number of nitrogens with two attached hydrogens (primary N) is 1. The Morgan fingerprint density at radius 1 is 1.75 bits per heavy atom. The van der Waals surface area contributed by atoms with Gasteiger partial charge in [-0.2, -0.15) is 0 Å². The Hall–Kier alpha value is -0.810. The third-order valence-corrected chi connectivity index (χ3v) is 0.343. The summed E-state index contributed by atoms with van der Waals surface area (Å²) < 4.78 is 3.98. The summed E-state index contributed by atoms with van der Waals surface area (Å²) in [5.74, 6) is 0. The molecule has 8 heavy (non-hydrogen) atoms. The first-order valence-electron chi connectivity index (χ1n) is 1.83. The van der Waals surface area contributed by atoms with Crippen LogP contribution in [-0.2, 0) is 4.74 Å². The highest BCUT2D eigenvalue weighted by molar-refractivity contribution is 5.56. The summed E-state index contributed by atoms with van der Waals surface area (Å²) in [6, 6.07) is 0. The first-order valence-corrected chi connectivity index (χ1v) is 1.83. The maximum atomic E-state index is 9.48. The molecule has 0 aliphatic heterocycles. The van der Waals surface area contributed by atoms with Gasteiger partial charge in [-0.05, 0) is 0 Å². The molecule has 0 saturated carbocycles. The van der Waals surface area contributed by atoms with E-state index in [2.05, 4.69) is 4.74 Å². The molecule has 0 fully saturated rings. The maximum Gasteiger partial charge on any atom is 0.505 e. The monoisotopic (exact) mass is 122 g/mol. The Bertz CT molecular complexity index is 65.5. The van der Waals surface area contributed by atoms with E-state index in [0.717, 1.165) is 0 Å². The largest absolute Gasteiger partial charge is 0.505 e. The summed E-state index contributed by atoms with van der Waals surface area (Å²) in [7, 11) is 0. The maximum absolute atomic E-state index is 9.48. The van der Waals surface area contributed by atoms with Crippen LogP contribution >= 0.6 is 0 Å². The van der Waals surface area contributed by atoms with Crippen LogP contribution in [0.4, 0.5) is 4.79 Å². The van der Waals surface area contributed by atoms with Gasteiger partial charge in [0.05, 0.1) is 0 Å². The van der Waals surface area contributed by atoms with E-state index in [1.807, 2.05) is 0 Å². The van der Waals surface area contributed by atoms with Crippen LogP contribution in [0.25, 0.3) is 0 Å². The second-order valence-electron chi connectivity index (χ2n) is 0.903. The van der Waals surface area contributed by atoms with Gasteiger partial charge in [0.15, 0.2) is 0 Å². The van der Waals surface area contributed by atoms with E-state index in [9.17, 15) is 4.79 Å². The minimum atomic E-state index is -1.27. The molecule has 0 amide bonds. The van der Waals surface area contributed by atoms with Crippen molar-refractivity contribution in [1.82, 2.24) is 6.15 Å². The van der Waals surface area contributed by atoms with Crippen molar-refractivity contribution in [2.45, 2.75) is 0 Å². The molecule has 0 saturated heterocycles. The van der Waals surface area contributed by atoms with Crippen molar-refractivity contribution in [3.05, 3.63) is 0 Å². The predicted molar refractivity (Wildman–Crippen MR) is 28.1 cm³/mol. The van der Waals surface area contributed by atoms with Crippen molar-refractivity contribution in [2.24, 2.45) is 5.73 Å². The fourth-order valence-corrected chi connectivity index (χ4v) is 0.146. The number of carbonyl (C=O) groups is 1. The molecule has 0 aromatic heterocycles. The van der Waals surface area contributed by atoms with Crippen molar-refractivity contribution < 1.29 is 14.6 Å². The summed E-state index contributed by atoms with van der Waals surface area (Å²) in [5.41, 5.74) is 4.89. The van der Waals surface area contributed by atoms with E-state index in [1.54, 1.807) is 0 Å². The van der Waals surface area contributed by atoms with Crippen molar-refractivity contribution in [3.8, 4) is 0 Å². The highest BCUT2D eigenvalue weighted by Gasteiger charge is 1.89. The Labute approximate surface area is 47.0 Å². The van der Waals surface area contributed by atoms with E-state index in [1.165, 1.54) is 0 Å². The molecule has 0 rings (SSSR count). The van der Waals surface area contributed by atoms with Crippen LogP contribution in [-0.4, -0.2) is 24.4 Å². The van der Waals surface area contributed by atoms with Crippen molar-refractivity contribution in [2.75, 3.05) is 13.2 Å². The fraction of sp³-hybridized carbons (Fsp3) is 0.667. The van der Waals surface area contributed by atoms with E-state index >= 15 is 0 Å². The van der Waals surface area contributed by atoms with Gasteiger partial charge in [0.25, 0.3) is 0 Å². The van der Waals surface area contributed by atoms with Gasteiger partial charge in [0.1, 0.15) is 6.61 Å². The lowest BCUT2D eigenvalue weighted by molar-refractivity contribution is 0.0944. The molecule has 0 atom stereocenters. The zero-order valence-electron chi connectivity index (χ0n) is 4.46. The van der Waals surface area contributed by atoms with Crippen LogP contribution in [0, 0.1) is 0 Å². The summed E-state index contributed by atoms with van der Waals surface area (Å²) in [6.45, 7) is 0.321. The van der Waals surface area contributed by atoms with Crippen molar-refractivity contribution >= 4 is 6.16 Å². The Morgan fingerprint density at radius 2 is 2.25 bits per heavy atom. The Morgan fingerprint density at radius 3 is 2.38 bits per heavy atom. The molecule has 0 aliphatic carbocycles. The lowest BCUT2D eigenvalue weighted by Crippen LogP contribution is -2.11. The molecule has 0 bridgehead atoms. The highest BCUT2D eigenvalue weighted by Crippen LogP contribution is 1.69. The normalized spacial score (nSPS) is 7.12. The second-order valence-corrected chi connectivity index (χ2v) is 0.903. The molecule has 0 radical (unpaired) electrons. The van der Waals surface area contributed by atoms with E-state index in [0.29, 0.717) is 0 Å². The molecule has 0 aliphatic rings. The summed E-state index contributed by atoms with van der Waals surface area (Å²) >= 11 is 0. The molecule has 0 heterocycles. The van der Waals surface area contributed by atoms with E-state index in [-0.39, 0.29) is 19.3 Å². The first kappa shape index (κ1) is 10.2. The van der Waals surface area contributed by atoms with Crippen LogP contribution < -0.4 is 11.9 Å². The van der Waals surface area contributed by atoms with Crippen LogP contribution in [0.15, 0.2) is 0 Å². The van der Waals surface area contributed by atoms with Gasteiger partial charge in [-0.3, -0.25) is 0 Å². The van der Waals surface area contributed by atoms with Crippen LogP contribution in [0.2, 0.25) is 0 Å². The summed E-state index contributed by atoms with van der Waals surface area (Å²) in [5, 5.41) is 7.77. The molecular formula is C3H10N2O3. The van der Waals surface area contributed by atoms with E-state index in [4.69, 9.17) is 10.8 Å². The zero-order valence-corrected chi connectivity index (χ0v) is 4.46. The van der Waals surface area contributed by atoms with Crippen LogP contribution in [0.1, 0.15) is 0 Å². The molecule has 6 N–H and O–H groups in total. The van der Waals surface area contributed by atoms with Crippen LogP contribution in [0.5, 0.6) is 0 Å². The number of rotatable bonds is 2. The Kier molecular flexibility index (Phi) is 7.91. The molecule has 0 spiro atoms. The minimum absolute atomic E-state index is 0. The molecule has 0 aromatic carbocycles. The molecule has 5 heteroatoms. The second kappa shape index (κ2) is 6.19. The van der Waals surface area contributed by atoms with E-state index < -0.39 is 6.16 Å². The lowest BCUT2D eigenvalue weighted by Gasteiger charge is -1.92. The number of ether oxygens (including phenoxy) is 1. The van der Waals surface area contributed by atoms with Gasteiger partial charge in [0.2, 0.25) is 0 Å². The van der Waals surface area contributed by atoms with Gasteiger partial charge in [-0.1, -0.05) is 0 Å².